The molecule has 1 aliphatic rings. The smallest absolute Gasteiger partial charge is 0.276 e. The van der Waals surface area contributed by atoms with Crippen LogP contribution in [0.3, 0.4) is 0 Å². The molecule has 0 spiro atoms. The van der Waals surface area contributed by atoms with Crippen LogP contribution in [0.5, 0.6) is 0 Å². The number of nitrogens with zero attached hydrogens (tertiary/aromatic N) is 5. The predicted molar refractivity (Wildman–Crippen MR) is 119 cm³/mol. The van der Waals surface area contributed by atoms with Crippen LogP contribution < -0.4 is 0 Å². The highest BCUT2D eigenvalue weighted by Gasteiger charge is 2.28. The lowest BCUT2D eigenvalue weighted by molar-refractivity contribution is 0.0617. The van der Waals surface area contributed by atoms with E-state index in [0.29, 0.717) is 36.1 Å². The third-order valence-electron chi connectivity index (χ3n) is 5.94. The molecule has 7 nitrogen and oxygen atoms in total. The number of amides is 1. The number of aromatic nitrogens is 3. The second-order valence-corrected chi connectivity index (χ2v) is 8.64. The molecular weight excluding hydrogens is 414 g/mol. The van der Waals surface area contributed by atoms with E-state index >= 15 is 0 Å². The lowest BCUT2D eigenvalue weighted by atomic mass is 10.1. The average Bonchev–Trinajstić information content (AvgIpc) is 3.23. The third-order valence-corrected chi connectivity index (χ3v) is 6.48. The number of carbonyl (C=O) groups is 1. The minimum absolute atomic E-state index is 0.0883. The topological polar surface area (TPSA) is 67.4 Å². The first-order chi connectivity index (χ1) is 14.8. The first kappa shape index (κ1) is 21.6. The molecular formula is C23H28ClN5O2. The number of rotatable bonds is 5. The molecule has 0 atom stereocenters. The van der Waals surface area contributed by atoms with Crippen molar-refractivity contribution in [3.8, 4) is 0 Å². The quantitative estimate of drug-likeness (QED) is 0.603. The lowest BCUT2D eigenvalue weighted by Gasteiger charge is -2.34. The number of piperazine rings is 1. The number of aryl methyl sites for hydroxylation is 3. The Hall–Kier alpha value is -2.64. The average molecular weight is 442 g/mol. The van der Waals surface area contributed by atoms with Gasteiger partial charge in [0.05, 0.1) is 23.0 Å². The number of hydrogen-bond donors (Lipinski definition) is 0. The number of carbonyl (C=O) groups excluding carboxylic acids is 1. The zero-order chi connectivity index (χ0) is 22.1. The molecule has 1 saturated heterocycles. The maximum atomic E-state index is 13.2. The largest absolute Gasteiger partial charge is 0.361 e. The van der Waals surface area contributed by atoms with E-state index in [4.69, 9.17) is 16.1 Å². The standard InChI is InChI=1S/C23H28ClN5O2/c1-15-6-5-7-19(12-15)13-27-8-10-28(11-9-27)23(30)22-20(18(4)31-26-22)14-29-17(3)21(24)16(2)25-29/h5-7,12H,8-11,13-14H2,1-4H3. The van der Waals surface area contributed by atoms with Crippen LogP contribution in [0.4, 0.5) is 0 Å². The highest BCUT2D eigenvalue weighted by molar-refractivity contribution is 6.31. The van der Waals surface area contributed by atoms with E-state index in [1.807, 2.05) is 25.7 Å². The van der Waals surface area contributed by atoms with Crippen LogP contribution in [-0.2, 0) is 13.1 Å². The minimum Gasteiger partial charge on any atom is -0.361 e. The molecule has 31 heavy (non-hydrogen) atoms. The van der Waals surface area contributed by atoms with E-state index in [1.54, 1.807) is 4.68 Å². The van der Waals surface area contributed by atoms with Crippen molar-refractivity contribution in [2.45, 2.75) is 40.8 Å². The predicted octanol–water partition coefficient (Wildman–Crippen LogP) is 3.76. The molecule has 1 amide bonds. The van der Waals surface area contributed by atoms with Crippen LogP contribution in [0.2, 0.25) is 5.02 Å². The summed E-state index contributed by atoms with van der Waals surface area (Å²) in [4.78, 5) is 17.5. The van der Waals surface area contributed by atoms with E-state index in [2.05, 4.69) is 46.3 Å². The van der Waals surface area contributed by atoms with Crippen LogP contribution in [0.25, 0.3) is 0 Å². The summed E-state index contributed by atoms with van der Waals surface area (Å²) >= 11 is 6.28. The van der Waals surface area contributed by atoms with Gasteiger partial charge in [-0.05, 0) is 33.3 Å². The van der Waals surface area contributed by atoms with E-state index < -0.39 is 0 Å². The highest BCUT2D eigenvalue weighted by Crippen LogP contribution is 2.23. The second kappa shape index (κ2) is 8.85. The molecule has 1 aliphatic heterocycles. The molecule has 0 unspecified atom stereocenters. The third kappa shape index (κ3) is 4.52. The van der Waals surface area contributed by atoms with E-state index in [-0.39, 0.29) is 5.91 Å². The molecule has 0 N–H and O–H groups in total. The Bertz CT molecular complexity index is 1100. The van der Waals surface area contributed by atoms with Crippen molar-refractivity contribution >= 4 is 17.5 Å². The Balaban J connectivity index is 1.43. The number of benzene rings is 1. The minimum atomic E-state index is -0.0883. The summed E-state index contributed by atoms with van der Waals surface area (Å²) < 4.78 is 7.19. The van der Waals surface area contributed by atoms with Gasteiger partial charge in [0.2, 0.25) is 0 Å². The van der Waals surface area contributed by atoms with Gasteiger partial charge in [0.1, 0.15) is 5.76 Å². The van der Waals surface area contributed by atoms with Crippen LogP contribution in [-0.4, -0.2) is 56.8 Å². The molecule has 1 fully saturated rings. The Kier molecular flexibility index (Phi) is 6.16. The summed E-state index contributed by atoms with van der Waals surface area (Å²) in [6, 6.07) is 8.57. The maximum absolute atomic E-state index is 13.2. The van der Waals surface area contributed by atoms with E-state index in [9.17, 15) is 4.79 Å². The Labute approximate surface area is 187 Å². The zero-order valence-corrected chi connectivity index (χ0v) is 19.2. The fourth-order valence-electron chi connectivity index (χ4n) is 4.05. The highest BCUT2D eigenvalue weighted by atomic mass is 35.5. The van der Waals surface area contributed by atoms with E-state index in [0.717, 1.165) is 36.6 Å². The van der Waals surface area contributed by atoms with Crippen molar-refractivity contribution in [3.63, 3.8) is 0 Å². The summed E-state index contributed by atoms with van der Waals surface area (Å²) in [5.41, 5.74) is 5.33. The molecule has 0 aliphatic carbocycles. The van der Waals surface area contributed by atoms with Crippen LogP contribution in [0.15, 0.2) is 28.8 Å². The van der Waals surface area contributed by atoms with Crippen molar-refractivity contribution in [3.05, 3.63) is 68.8 Å². The van der Waals surface area contributed by atoms with Crippen LogP contribution >= 0.6 is 11.6 Å². The monoisotopic (exact) mass is 441 g/mol. The van der Waals surface area contributed by atoms with Gasteiger partial charge in [-0.25, -0.2) is 0 Å². The molecule has 2 aromatic heterocycles. The molecule has 8 heteroatoms. The van der Waals surface area contributed by atoms with Gasteiger partial charge in [0.15, 0.2) is 5.69 Å². The SMILES string of the molecule is Cc1cccc(CN2CCN(C(=O)c3noc(C)c3Cn3nc(C)c(Cl)c3C)CC2)c1. The van der Waals surface area contributed by atoms with Crippen molar-refractivity contribution < 1.29 is 9.32 Å². The maximum Gasteiger partial charge on any atom is 0.276 e. The molecule has 0 saturated carbocycles. The van der Waals surface area contributed by atoms with Crippen molar-refractivity contribution in [1.82, 2.24) is 24.7 Å². The normalized spacial score (nSPS) is 14.9. The van der Waals surface area contributed by atoms with Gasteiger partial charge in [-0.3, -0.25) is 14.4 Å². The van der Waals surface area contributed by atoms with E-state index in [1.165, 1.54) is 11.1 Å². The Morgan fingerprint density at radius 3 is 2.48 bits per heavy atom. The molecule has 3 heterocycles. The van der Waals surface area contributed by atoms with Crippen LogP contribution in [0.1, 0.15) is 44.3 Å². The van der Waals surface area contributed by atoms with Crippen LogP contribution in [0, 0.1) is 27.7 Å². The van der Waals surface area contributed by atoms with Gasteiger partial charge in [-0.15, -0.1) is 0 Å². The number of halogens is 1. The summed E-state index contributed by atoms with van der Waals surface area (Å²) in [5, 5.41) is 9.21. The lowest BCUT2D eigenvalue weighted by Crippen LogP contribution is -2.48. The van der Waals surface area contributed by atoms with Crippen molar-refractivity contribution in [2.24, 2.45) is 0 Å². The first-order valence-electron chi connectivity index (χ1n) is 10.6. The second-order valence-electron chi connectivity index (χ2n) is 8.27. The van der Waals surface area contributed by atoms with Crippen molar-refractivity contribution in [1.29, 1.82) is 0 Å². The fourth-order valence-corrected chi connectivity index (χ4v) is 4.19. The fraction of sp³-hybridized carbons (Fsp3) is 0.435. The Morgan fingerprint density at radius 1 is 1.10 bits per heavy atom. The summed E-state index contributed by atoms with van der Waals surface area (Å²) in [6.07, 6.45) is 0. The molecule has 0 bridgehead atoms. The zero-order valence-electron chi connectivity index (χ0n) is 18.5. The summed E-state index contributed by atoms with van der Waals surface area (Å²) in [5.74, 6) is 0.541. The van der Waals surface area contributed by atoms with Crippen molar-refractivity contribution in [2.75, 3.05) is 26.2 Å². The van der Waals surface area contributed by atoms with Gasteiger partial charge in [-0.2, -0.15) is 5.10 Å². The molecule has 4 rings (SSSR count). The summed E-state index contributed by atoms with van der Waals surface area (Å²) in [6.45, 7) is 12.0. The number of hydrogen-bond acceptors (Lipinski definition) is 5. The summed E-state index contributed by atoms with van der Waals surface area (Å²) in [7, 11) is 0. The van der Waals surface area contributed by atoms with Gasteiger partial charge in [-0.1, -0.05) is 46.6 Å². The molecule has 3 aromatic rings. The van der Waals surface area contributed by atoms with Gasteiger partial charge in [0.25, 0.3) is 5.91 Å². The van der Waals surface area contributed by atoms with Gasteiger partial charge < -0.3 is 9.42 Å². The molecule has 1 aromatic carbocycles. The van der Waals surface area contributed by atoms with Gasteiger partial charge in [0, 0.05) is 38.3 Å². The molecule has 164 valence electrons. The molecule has 0 radical (unpaired) electrons. The Morgan fingerprint density at radius 2 is 1.84 bits per heavy atom. The first-order valence-corrected chi connectivity index (χ1v) is 10.9. The van der Waals surface area contributed by atoms with Gasteiger partial charge >= 0.3 is 0 Å².